The molecule has 3 heterocycles. The van der Waals surface area contributed by atoms with Crippen LogP contribution in [0.25, 0.3) is 0 Å². The topological polar surface area (TPSA) is 145 Å². The van der Waals surface area contributed by atoms with E-state index in [4.69, 9.17) is 5.73 Å². The minimum Gasteiger partial charge on any atom is -0.369 e. The van der Waals surface area contributed by atoms with Gasteiger partial charge in [-0.3, -0.25) is 14.7 Å². The maximum Gasteiger partial charge on any atom is 0.257 e. The van der Waals surface area contributed by atoms with Crippen molar-refractivity contribution in [3.05, 3.63) is 40.6 Å². The number of aromatic amines is 1. The van der Waals surface area contributed by atoms with Crippen LogP contribution in [0.1, 0.15) is 58.7 Å². The number of fused-ring (bicyclic) bond motifs is 1. The Balaban J connectivity index is 1.41. The number of benzene rings is 1. The molecule has 5 rings (SSSR count). The van der Waals surface area contributed by atoms with E-state index in [0.717, 1.165) is 37.6 Å². The van der Waals surface area contributed by atoms with Crippen LogP contribution in [0.4, 0.5) is 11.5 Å². The lowest BCUT2D eigenvalue weighted by atomic mass is 9.84. The Morgan fingerprint density at radius 3 is 2.47 bits per heavy atom. The summed E-state index contributed by atoms with van der Waals surface area (Å²) < 4.78 is 27.4. The van der Waals surface area contributed by atoms with Gasteiger partial charge in [-0.15, -0.1) is 0 Å². The number of anilines is 2. The molecule has 0 unspecified atom stereocenters. The Morgan fingerprint density at radius 2 is 1.83 bits per heavy atom. The molecule has 2 aromatic rings. The highest BCUT2D eigenvalue weighted by atomic mass is 32.2. The molecular weight excluding hydrogens is 482 g/mol. The number of nitrogens with one attached hydrogen (secondary N) is 2. The van der Waals surface area contributed by atoms with Crippen LogP contribution in [0.5, 0.6) is 0 Å². The number of likely N-dealkylation sites (N-methyl/N-ethyl adjacent to an activating group) is 1. The van der Waals surface area contributed by atoms with Gasteiger partial charge in [-0.05, 0) is 38.1 Å². The van der Waals surface area contributed by atoms with Crippen LogP contribution < -0.4 is 16.0 Å². The number of nitrogens with two attached hydrogens (primary N) is 1. The van der Waals surface area contributed by atoms with Crippen LogP contribution in [-0.2, 0) is 22.0 Å². The summed E-state index contributed by atoms with van der Waals surface area (Å²) in [4.78, 5) is 30.0. The summed E-state index contributed by atoms with van der Waals surface area (Å²) in [5, 5.41) is 9.76. The molecule has 11 nitrogen and oxygen atoms in total. The molecule has 194 valence electrons. The van der Waals surface area contributed by atoms with Crippen LogP contribution in [0.2, 0.25) is 0 Å². The Morgan fingerprint density at radius 1 is 1.14 bits per heavy atom. The van der Waals surface area contributed by atoms with Crippen LogP contribution in [0, 0.1) is 0 Å². The number of rotatable bonds is 6. The minimum atomic E-state index is -3.40. The van der Waals surface area contributed by atoms with Gasteiger partial charge in [0.2, 0.25) is 15.9 Å². The molecule has 0 spiro atoms. The predicted molar refractivity (Wildman–Crippen MR) is 137 cm³/mol. The zero-order valence-electron chi connectivity index (χ0n) is 20.9. The fourth-order valence-electron chi connectivity index (χ4n) is 5.06. The number of nitrogens with zero attached hydrogens (tertiary/aromatic N) is 4. The molecule has 1 aromatic carbocycles. The number of hydrogen-bond donors (Lipinski definition) is 3. The summed E-state index contributed by atoms with van der Waals surface area (Å²) in [6.07, 6.45) is 1.36. The van der Waals surface area contributed by atoms with E-state index in [2.05, 4.69) is 32.4 Å². The molecular formula is C24H33N7O4S. The van der Waals surface area contributed by atoms with Crippen molar-refractivity contribution in [1.82, 2.24) is 19.4 Å². The number of piperazine rings is 1. The largest absolute Gasteiger partial charge is 0.369 e. The molecule has 1 saturated carbocycles. The van der Waals surface area contributed by atoms with E-state index in [1.165, 1.54) is 4.31 Å². The van der Waals surface area contributed by atoms with Crippen molar-refractivity contribution in [2.75, 3.05) is 50.0 Å². The third kappa shape index (κ3) is 4.48. The van der Waals surface area contributed by atoms with Crippen LogP contribution in [0.3, 0.4) is 0 Å². The summed E-state index contributed by atoms with van der Waals surface area (Å²) in [6.45, 7) is 7.82. The van der Waals surface area contributed by atoms with E-state index in [-0.39, 0.29) is 28.7 Å². The second kappa shape index (κ2) is 8.86. The summed E-state index contributed by atoms with van der Waals surface area (Å²) in [5.74, 6) is -0.955. The number of aromatic nitrogens is 2. The number of hydrogen-bond acceptors (Lipinski definition) is 7. The quantitative estimate of drug-likeness (QED) is 0.522. The van der Waals surface area contributed by atoms with E-state index < -0.39 is 27.3 Å². The van der Waals surface area contributed by atoms with Crippen LogP contribution in [-0.4, -0.2) is 84.7 Å². The lowest BCUT2D eigenvalue weighted by molar-refractivity contribution is 0.0977. The van der Waals surface area contributed by atoms with Crippen molar-refractivity contribution in [1.29, 1.82) is 0 Å². The fourth-order valence-corrected chi connectivity index (χ4v) is 7.03. The first-order valence-corrected chi connectivity index (χ1v) is 13.7. The summed E-state index contributed by atoms with van der Waals surface area (Å²) >= 11 is 0. The Kier molecular flexibility index (Phi) is 6.08. The lowest BCUT2D eigenvalue weighted by Gasteiger charge is -2.37. The van der Waals surface area contributed by atoms with Gasteiger partial charge in [-0.25, -0.2) is 8.42 Å². The third-order valence-electron chi connectivity index (χ3n) is 7.37. The SMILES string of the molecule is CN1CCN(c2ccc(C(=O)Nc3n[nH]c4c3CN(S(=O)(=O)C3CC3)CC4(C)C)c(C(N)=O)c2)CC1. The van der Waals surface area contributed by atoms with Crippen molar-refractivity contribution in [2.45, 2.75) is 43.9 Å². The van der Waals surface area contributed by atoms with E-state index in [1.807, 2.05) is 19.9 Å². The van der Waals surface area contributed by atoms with Gasteiger partial charge in [0.25, 0.3) is 5.91 Å². The molecule has 4 N–H and O–H groups in total. The average molecular weight is 516 g/mol. The predicted octanol–water partition coefficient (Wildman–Crippen LogP) is 1.10. The van der Waals surface area contributed by atoms with Crippen molar-refractivity contribution < 1.29 is 18.0 Å². The number of sulfonamides is 1. The van der Waals surface area contributed by atoms with Crippen LogP contribution >= 0.6 is 0 Å². The zero-order chi connectivity index (χ0) is 25.8. The normalized spacial score (nSPS) is 20.7. The molecule has 0 radical (unpaired) electrons. The van der Waals surface area contributed by atoms with E-state index in [9.17, 15) is 18.0 Å². The zero-order valence-corrected chi connectivity index (χ0v) is 21.7. The van der Waals surface area contributed by atoms with Gasteiger partial charge in [0.15, 0.2) is 5.82 Å². The standard InChI is InChI=1S/C24H33N7O4S/c1-24(2)14-31(36(34,35)16-5-6-16)13-19-20(24)27-28-22(19)26-23(33)17-7-4-15(12-18(17)21(25)32)30-10-8-29(3)9-11-30/h4,7,12,16H,5-6,8-11,13-14H2,1-3H3,(H2,25,32)(H2,26,27,28,33). The molecule has 1 aliphatic carbocycles. The van der Waals surface area contributed by atoms with Crippen molar-refractivity contribution >= 4 is 33.3 Å². The molecule has 2 aliphatic heterocycles. The second-order valence-electron chi connectivity index (χ2n) is 10.7. The fraction of sp³-hybridized carbons (Fsp3) is 0.542. The molecule has 0 bridgehead atoms. The number of primary amides is 1. The monoisotopic (exact) mass is 515 g/mol. The number of carbonyl (C=O) groups is 2. The van der Waals surface area contributed by atoms with Gasteiger partial charge in [0.05, 0.1) is 16.4 Å². The summed E-state index contributed by atoms with van der Waals surface area (Å²) in [7, 11) is -1.34. The highest BCUT2D eigenvalue weighted by Gasteiger charge is 2.46. The molecule has 12 heteroatoms. The van der Waals surface area contributed by atoms with Gasteiger partial charge in [-0.1, -0.05) is 13.8 Å². The lowest BCUT2D eigenvalue weighted by Crippen LogP contribution is -2.46. The van der Waals surface area contributed by atoms with Crippen molar-refractivity contribution in [3.8, 4) is 0 Å². The highest BCUT2D eigenvalue weighted by Crippen LogP contribution is 2.40. The molecule has 1 aromatic heterocycles. The smallest absolute Gasteiger partial charge is 0.257 e. The Bertz CT molecular complexity index is 1310. The first-order valence-electron chi connectivity index (χ1n) is 12.2. The van der Waals surface area contributed by atoms with Crippen molar-refractivity contribution in [2.24, 2.45) is 5.73 Å². The Hall–Kier alpha value is -2.96. The maximum absolute atomic E-state index is 13.3. The second-order valence-corrected chi connectivity index (χ2v) is 12.9. The van der Waals surface area contributed by atoms with E-state index in [1.54, 1.807) is 12.1 Å². The minimum absolute atomic E-state index is 0.131. The Labute approximate surface area is 211 Å². The van der Waals surface area contributed by atoms with Gasteiger partial charge in [-0.2, -0.15) is 9.40 Å². The van der Waals surface area contributed by atoms with Gasteiger partial charge in [0, 0.05) is 61.6 Å². The first-order chi connectivity index (χ1) is 17.0. The average Bonchev–Trinajstić information content (AvgIpc) is 3.61. The van der Waals surface area contributed by atoms with Gasteiger partial charge in [0.1, 0.15) is 0 Å². The maximum atomic E-state index is 13.3. The first kappa shape index (κ1) is 24.7. The van der Waals surface area contributed by atoms with Gasteiger partial charge < -0.3 is 20.9 Å². The molecule has 2 fully saturated rings. The van der Waals surface area contributed by atoms with Crippen LogP contribution in [0.15, 0.2) is 18.2 Å². The number of H-pyrrole nitrogens is 1. The van der Waals surface area contributed by atoms with Gasteiger partial charge >= 0.3 is 0 Å². The highest BCUT2D eigenvalue weighted by molar-refractivity contribution is 7.90. The molecule has 0 atom stereocenters. The molecule has 1 saturated heterocycles. The number of carbonyl (C=O) groups excluding carboxylic acids is 2. The molecule has 2 amide bonds. The summed E-state index contributed by atoms with van der Waals surface area (Å²) in [6, 6.07) is 5.09. The van der Waals surface area contributed by atoms with E-state index >= 15 is 0 Å². The third-order valence-corrected chi connectivity index (χ3v) is 9.66. The molecule has 36 heavy (non-hydrogen) atoms. The molecule has 3 aliphatic rings. The number of amides is 2. The van der Waals surface area contributed by atoms with Crippen molar-refractivity contribution in [3.63, 3.8) is 0 Å². The summed E-state index contributed by atoms with van der Waals surface area (Å²) in [5.41, 5.74) is 7.70. The van der Waals surface area contributed by atoms with E-state index in [0.29, 0.717) is 24.9 Å².